The van der Waals surface area contributed by atoms with Crippen LogP contribution in [-0.4, -0.2) is 42.2 Å². The zero-order chi connectivity index (χ0) is 21.6. The lowest BCUT2D eigenvalue weighted by atomic mass is 10.1. The smallest absolute Gasteiger partial charge is 0.260 e. The van der Waals surface area contributed by atoms with Crippen molar-refractivity contribution in [2.45, 2.75) is 20.0 Å². The largest absolute Gasteiger partial charge is 0.481 e. The first-order chi connectivity index (χ1) is 15.1. The van der Waals surface area contributed by atoms with Gasteiger partial charge in [-0.1, -0.05) is 29.8 Å². The molecule has 3 aromatic rings. The number of ether oxygens (including phenoxy) is 4. The van der Waals surface area contributed by atoms with E-state index in [2.05, 4.69) is 15.5 Å². The van der Waals surface area contributed by atoms with E-state index in [1.807, 2.05) is 37.3 Å². The van der Waals surface area contributed by atoms with E-state index in [0.717, 1.165) is 11.3 Å². The van der Waals surface area contributed by atoms with Crippen LogP contribution in [0.1, 0.15) is 12.5 Å². The highest BCUT2D eigenvalue weighted by molar-refractivity contribution is 5.80. The van der Waals surface area contributed by atoms with Gasteiger partial charge in [0.05, 0.1) is 12.2 Å². The van der Waals surface area contributed by atoms with Crippen LogP contribution in [0.25, 0.3) is 11.3 Å². The van der Waals surface area contributed by atoms with Crippen LogP contribution in [0.15, 0.2) is 54.6 Å². The molecule has 1 aliphatic heterocycles. The first-order valence-electron chi connectivity index (χ1n) is 9.96. The molecule has 1 aromatic heterocycles. The summed E-state index contributed by atoms with van der Waals surface area (Å²) in [6.07, 6.45) is -0.672. The maximum atomic E-state index is 12.2. The molecular weight excluding hydrogens is 398 g/mol. The van der Waals surface area contributed by atoms with Crippen molar-refractivity contribution >= 4 is 5.91 Å². The maximum Gasteiger partial charge on any atom is 0.260 e. The fourth-order valence-corrected chi connectivity index (χ4v) is 2.96. The Bertz CT molecular complexity index is 1040. The molecule has 8 nitrogen and oxygen atoms in total. The molecule has 4 rings (SSSR count). The Kier molecular flexibility index (Phi) is 6.16. The van der Waals surface area contributed by atoms with Crippen LogP contribution in [-0.2, 0) is 4.79 Å². The average Bonchev–Trinajstić information content (AvgIpc) is 3.25. The third-order valence-corrected chi connectivity index (χ3v) is 4.66. The van der Waals surface area contributed by atoms with Gasteiger partial charge in [0.25, 0.3) is 5.91 Å². The summed E-state index contributed by atoms with van der Waals surface area (Å²) in [4.78, 5) is 12.2. The van der Waals surface area contributed by atoms with E-state index in [-0.39, 0.29) is 19.3 Å². The first-order valence-corrected chi connectivity index (χ1v) is 9.96. The van der Waals surface area contributed by atoms with Gasteiger partial charge in [-0.3, -0.25) is 4.79 Å². The van der Waals surface area contributed by atoms with E-state index in [1.54, 1.807) is 31.2 Å². The number of amides is 1. The third-order valence-electron chi connectivity index (χ3n) is 4.66. The van der Waals surface area contributed by atoms with Gasteiger partial charge in [0.1, 0.15) is 12.4 Å². The molecule has 0 saturated heterocycles. The summed E-state index contributed by atoms with van der Waals surface area (Å²) in [5.41, 5.74) is 2.96. The van der Waals surface area contributed by atoms with E-state index in [4.69, 9.17) is 18.9 Å². The number of nitrogens with one attached hydrogen (secondary N) is 1. The second kappa shape index (κ2) is 9.34. The number of nitrogens with zero attached hydrogens (tertiary/aromatic N) is 2. The molecule has 0 radical (unpaired) electrons. The summed E-state index contributed by atoms with van der Waals surface area (Å²) in [7, 11) is 0. The third kappa shape index (κ3) is 5.22. The number of fused-ring (bicyclic) bond motifs is 1. The van der Waals surface area contributed by atoms with Crippen molar-refractivity contribution in [3.05, 3.63) is 60.2 Å². The maximum absolute atomic E-state index is 12.2. The van der Waals surface area contributed by atoms with Gasteiger partial charge in [-0.05, 0) is 32.0 Å². The molecule has 31 heavy (non-hydrogen) atoms. The summed E-state index contributed by atoms with van der Waals surface area (Å²) in [5.74, 6) is 1.95. The molecule has 0 spiro atoms. The highest BCUT2D eigenvalue weighted by Gasteiger charge is 2.18. The van der Waals surface area contributed by atoms with Crippen molar-refractivity contribution in [2.75, 3.05) is 19.9 Å². The molecule has 1 amide bonds. The Morgan fingerprint density at radius 3 is 2.65 bits per heavy atom. The molecule has 0 saturated carbocycles. The van der Waals surface area contributed by atoms with Crippen molar-refractivity contribution in [1.82, 2.24) is 15.5 Å². The van der Waals surface area contributed by atoms with E-state index >= 15 is 0 Å². The molecular formula is C23H23N3O5. The van der Waals surface area contributed by atoms with Crippen LogP contribution in [0.5, 0.6) is 23.1 Å². The van der Waals surface area contributed by atoms with Crippen LogP contribution in [0.4, 0.5) is 0 Å². The number of carbonyl (C=O) groups excluding carboxylic acids is 1. The lowest BCUT2D eigenvalue weighted by Gasteiger charge is -2.15. The topological polar surface area (TPSA) is 91.8 Å². The molecule has 1 aliphatic rings. The summed E-state index contributed by atoms with van der Waals surface area (Å²) in [6, 6.07) is 16.9. The summed E-state index contributed by atoms with van der Waals surface area (Å²) in [6.45, 7) is 4.48. The van der Waals surface area contributed by atoms with E-state index < -0.39 is 6.10 Å². The van der Waals surface area contributed by atoms with Crippen molar-refractivity contribution in [2.24, 2.45) is 0 Å². The molecule has 2 heterocycles. The molecule has 1 N–H and O–H groups in total. The van der Waals surface area contributed by atoms with Crippen molar-refractivity contribution in [3.63, 3.8) is 0 Å². The number of aryl methyl sites for hydroxylation is 1. The summed E-state index contributed by atoms with van der Waals surface area (Å²) < 4.78 is 21.8. The van der Waals surface area contributed by atoms with E-state index in [9.17, 15) is 4.79 Å². The standard InChI is InChI=1S/C23H23N3O5/c1-15-3-5-17(6-4-15)19-8-10-22(26-25-19)28-12-11-24-23(27)16(2)31-18-7-9-20-21(13-18)30-14-29-20/h3-10,13,16H,11-12,14H2,1-2H3,(H,24,27). The Balaban J connectivity index is 1.20. The average molecular weight is 421 g/mol. The molecule has 1 atom stereocenters. The molecule has 0 bridgehead atoms. The normalized spacial score (nSPS) is 12.8. The van der Waals surface area contributed by atoms with Gasteiger partial charge in [0.15, 0.2) is 17.6 Å². The predicted molar refractivity (Wildman–Crippen MR) is 113 cm³/mol. The summed E-state index contributed by atoms with van der Waals surface area (Å²) in [5, 5.41) is 11.0. The van der Waals surface area contributed by atoms with E-state index in [1.165, 1.54) is 5.56 Å². The Morgan fingerprint density at radius 2 is 1.87 bits per heavy atom. The van der Waals surface area contributed by atoms with Gasteiger partial charge < -0.3 is 24.3 Å². The van der Waals surface area contributed by atoms with Crippen molar-refractivity contribution in [3.8, 4) is 34.4 Å². The van der Waals surface area contributed by atoms with Crippen molar-refractivity contribution < 1.29 is 23.7 Å². The second-order valence-corrected chi connectivity index (χ2v) is 7.04. The number of carbonyl (C=O) groups is 1. The number of hydrogen-bond acceptors (Lipinski definition) is 7. The molecule has 8 heteroatoms. The molecule has 1 unspecified atom stereocenters. The predicted octanol–water partition coefficient (Wildman–Crippen LogP) is 3.14. The minimum Gasteiger partial charge on any atom is -0.481 e. The first kappa shape index (κ1) is 20.5. The lowest BCUT2D eigenvalue weighted by molar-refractivity contribution is -0.127. The zero-order valence-corrected chi connectivity index (χ0v) is 17.3. The highest BCUT2D eigenvalue weighted by Crippen LogP contribution is 2.35. The van der Waals surface area contributed by atoms with Gasteiger partial charge in [-0.15, -0.1) is 10.2 Å². The quantitative estimate of drug-likeness (QED) is 0.559. The van der Waals surface area contributed by atoms with Crippen LogP contribution >= 0.6 is 0 Å². The second-order valence-electron chi connectivity index (χ2n) is 7.04. The molecule has 2 aromatic carbocycles. The monoisotopic (exact) mass is 421 g/mol. The lowest BCUT2D eigenvalue weighted by Crippen LogP contribution is -2.38. The molecule has 0 aliphatic carbocycles. The van der Waals surface area contributed by atoms with Gasteiger partial charge in [0.2, 0.25) is 12.7 Å². The number of rotatable bonds is 8. The minimum absolute atomic E-state index is 0.188. The zero-order valence-electron chi connectivity index (χ0n) is 17.3. The Hall–Kier alpha value is -3.81. The minimum atomic E-state index is -0.672. The summed E-state index contributed by atoms with van der Waals surface area (Å²) >= 11 is 0. The highest BCUT2D eigenvalue weighted by atomic mass is 16.7. The van der Waals surface area contributed by atoms with Crippen LogP contribution in [0, 0.1) is 6.92 Å². The van der Waals surface area contributed by atoms with Gasteiger partial charge in [0, 0.05) is 17.7 Å². The SMILES string of the molecule is Cc1ccc(-c2ccc(OCCNC(=O)C(C)Oc3ccc4c(c3)OCO4)nn2)cc1. The van der Waals surface area contributed by atoms with Crippen LogP contribution in [0.3, 0.4) is 0 Å². The van der Waals surface area contributed by atoms with Gasteiger partial charge in [-0.2, -0.15) is 0 Å². The fraction of sp³-hybridized carbons (Fsp3) is 0.261. The molecule has 0 fully saturated rings. The van der Waals surface area contributed by atoms with Gasteiger partial charge in [-0.25, -0.2) is 0 Å². The molecule has 160 valence electrons. The number of hydrogen-bond donors (Lipinski definition) is 1. The van der Waals surface area contributed by atoms with Crippen molar-refractivity contribution in [1.29, 1.82) is 0 Å². The fourth-order valence-electron chi connectivity index (χ4n) is 2.96. The van der Waals surface area contributed by atoms with Crippen LogP contribution < -0.4 is 24.3 Å². The van der Waals surface area contributed by atoms with Crippen LogP contribution in [0.2, 0.25) is 0 Å². The number of benzene rings is 2. The Labute approximate surface area is 180 Å². The van der Waals surface area contributed by atoms with Gasteiger partial charge >= 0.3 is 0 Å². The van der Waals surface area contributed by atoms with E-state index in [0.29, 0.717) is 29.7 Å². The Morgan fingerprint density at radius 1 is 1.06 bits per heavy atom. The number of aromatic nitrogens is 2.